The van der Waals surface area contributed by atoms with E-state index in [9.17, 15) is 4.79 Å². The van der Waals surface area contributed by atoms with E-state index in [1.54, 1.807) is 0 Å². The van der Waals surface area contributed by atoms with Crippen LogP contribution in [0.15, 0.2) is 18.2 Å². The number of amides is 1. The minimum Gasteiger partial charge on any atom is -0.352 e. The first-order valence-corrected chi connectivity index (χ1v) is 6.72. The van der Waals surface area contributed by atoms with Crippen molar-refractivity contribution in [1.82, 2.24) is 10.6 Å². The molecule has 0 aliphatic carbocycles. The number of piperidine rings is 1. The molecular formula is C15H23ClN2O. The maximum Gasteiger partial charge on any atom is 0.251 e. The van der Waals surface area contributed by atoms with Crippen LogP contribution in [-0.2, 0) is 0 Å². The van der Waals surface area contributed by atoms with Gasteiger partial charge in [-0.2, -0.15) is 0 Å². The number of carbonyl (C=O) groups is 1. The number of benzene rings is 1. The highest BCUT2D eigenvalue weighted by Gasteiger charge is 2.14. The van der Waals surface area contributed by atoms with Crippen LogP contribution in [0.2, 0.25) is 0 Å². The smallest absolute Gasteiger partial charge is 0.251 e. The summed E-state index contributed by atoms with van der Waals surface area (Å²) in [5.41, 5.74) is 3.05. The highest BCUT2D eigenvalue weighted by Crippen LogP contribution is 2.11. The molecule has 106 valence electrons. The first-order valence-electron chi connectivity index (χ1n) is 6.72. The fourth-order valence-corrected chi connectivity index (χ4v) is 2.54. The molecule has 2 rings (SSSR count). The number of hydrogen-bond donors (Lipinski definition) is 2. The highest BCUT2D eigenvalue weighted by atomic mass is 35.5. The van der Waals surface area contributed by atoms with Gasteiger partial charge in [0.25, 0.3) is 5.91 Å². The lowest BCUT2D eigenvalue weighted by molar-refractivity contribution is 0.0944. The fourth-order valence-electron chi connectivity index (χ4n) is 2.54. The summed E-state index contributed by atoms with van der Waals surface area (Å²) < 4.78 is 0. The lowest BCUT2D eigenvalue weighted by Gasteiger charge is -2.22. The van der Waals surface area contributed by atoms with Crippen molar-refractivity contribution in [2.24, 2.45) is 5.92 Å². The SMILES string of the molecule is Cc1cc(C)cc(C(=O)NCC2CCCNC2)c1.Cl. The van der Waals surface area contributed by atoms with Crippen molar-refractivity contribution in [3.8, 4) is 0 Å². The van der Waals surface area contributed by atoms with Crippen LogP contribution in [0.4, 0.5) is 0 Å². The second kappa shape index (κ2) is 7.51. The molecule has 1 aromatic rings. The van der Waals surface area contributed by atoms with Crippen LogP contribution in [-0.4, -0.2) is 25.5 Å². The minimum atomic E-state index is 0. The molecule has 1 fully saturated rings. The third-order valence-electron chi connectivity index (χ3n) is 3.43. The van der Waals surface area contributed by atoms with E-state index in [4.69, 9.17) is 0 Å². The van der Waals surface area contributed by atoms with E-state index in [2.05, 4.69) is 16.7 Å². The van der Waals surface area contributed by atoms with Crippen LogP contribution in [0, 0.1) is 19.8 Å². The molecule has 0 aromatic heterocycles. The molecule has 0 bridgehead atoms. The van der Waals surface area contributed by atoms with Crippen LogP contribution >= 0.6 is 12.4 Å². The Labute approximate surface area is 121 Å². The average Bonchev–Trinajstić information content (AvgIpc) is 2.36. The van der Waals surface area contributed by atoms with Crippen molar-refractivity contribution in [3.63, 3.8) is 0 Å². The second-order valence-electron chi connectivity index (χ2n) is 5.30. The van der Waals surface area contributed by atoms with E-state index in [0.717, 1.165) is 36.3 Å². The van der Waals surface area contributed by atoms with Gasteiger partial charge in [-0.1, -0.05) is 17.2 Å². The predicted molar refractivity (Wildman–Crippen MR) is 81.1 cm³/mol. The fraction of sp³-hybridized carbons (Fsp3) is 0.533. The normalized spacial score (nSPS) is 18.5. The zero-order chi connectivity index (χ0) is 13.0. The van der Waals surface area contributed by atoms with E-state index in [-0.39, 0.29) is 18.3 Å². The number of nitrogens with one attached hydrogen (secondary N) is 2. The van der Waals surface area contributed by atoms with Gasteiger partial charge < -0.3 is 10.6 Å². The van der Waals surface area contributed by atoms with Gasteiger partial charge in [-0.25, -0.2) is 0 Å². The Morgan fingerprint density at radius 2 is 2.00 bits per heavy atom. The molecule has 1 unspecified atom stereocenters. The third kappa shape index (κ3) is 4.84. The molecule has 2 N–H and O–H groups in total. The summed E-state index contributed by atoms with van der Waals surface area (Å²) in [6.07, 6.45) is 2.42. The quantitative estimate of drug-likeness (QED) is 0.894. The Hall–Kier alpha value is -1.06. The monoisotopic (exact) mass is 282 g/mol. The van der Waals surface area contributed by atoms with Gasteiger partial charge in [-0.05, 0) is 57.8 Å². The van der Waals surface area contributed by atoms with Crippen LogP contribution in [0.5, 0.6) is 0 Å². The maximum atomic E-state index is 12.1. The molecule has 1 heterocycles. The molecule has 1 aromatic carbocycles. The summed E-state index contributed by atoms with van der Waals surface area (Å²) in [6.45, 7) is 6.96. The molecule has 0 spiro atoms. The van der Waals surface area contributed by atoms with Gasteiger partial charge in [0.2, 0.25) is 0 Å². The summed E-state index contributed by atoms with van der Waals surface area (Å²) in [5, 5.41) is 6.41. The van der Waals surface area contributed by atoms with Crippen LogP contribution in [0.3, 0.4) is 0 Å². The molecule has 1 aliphatic heterocycles. The number of rotatable bonds is 3. The maximum absolute atomic E-state index is 12.1. The van der Waals surface area contributed by atoms with Crippen molar-refractivity contribution in [1.29, 1.82) is 0 Å². The van der Waals surface area contributed by atoms with Gasteiger partial charge in [-0.3, -0.25) is 4.79 Å². The summed E-state index contributed by atoms with van der Waals surface area (Å²) >= 11 is 0. The lowest BCUT2D eigenvalue weighted by Crippen LogP contribution is -2.38. The first-order chi connectivity index (χ1) is 8.65. The first kappa shape index (κ1) is 16.0. The molecule has 1 atom stereocenters. The molecule has 0 saturated carbocycles. The van der Waals surface area contributed by atoms with Crippen molar-refractivity contribution < 1.29 is 4.79 Å². The van der Waals surface area contributed by atoms with Crippen molar-refractivity contribution in [3.05, 3.63) is 34.9 Å². The lowest BCUT2D eigenvalue weighted by atomic mass is 9.99. The Morgan fingerprint density at radius 1 is 1.32 bits per heavy atom. The van der Waals surface area contributed by atoms with E-state index in [1.807, 2.05) is 26.0 Å². The van der Waals surface area contributed by atoms with E-state index in [1.165, 1.54) is 12.8 Å². The standard InChI is InChI=1S/C15H22N2O.ClH/c1-11-6-12(2)8-14(7-11)15(18)17-10-13-4-3-5-16-9-13;/h6-8,13,16H,3-5,9-10H2,1-2H3,(H,17,18);1H. The zero-order valence-corrected chi connectivity index (χ0v) is 12.5. The van der Waals surface area contributed by atoms with Gasteiger partial charge in [0.1, 0.15) is 0 Å². The number of hydrogen-bond acceptors (Lipinski definition) is 2. The van der Waals surface area contributed by atoms with Crippen LogP contribution in [0.1, 0.15) is 34.3 Å². The highest BCUT2D eigenvalue weighted by molar-refractivity contribution is 5.94. The number of aryl methyl sites for hydroxylation is 2. The van der Waals surface area contributed by atoms with Crippen molar-refractivity contribution in [2.45, 2.75) is 26.7 Å². The Balaban J connectivity index is 0.00000180. The number of halogens is 1. The van der Waals surface area contributed by atoms with Gasteiger partial charge >= 0.3 is 0 Å². The second-order valence-corrected chi connectivity index (χ2v) is 5.30. The summed E-state index contributed by atoms with van der Waals surface area (Å²) in [7, 11) is 0. The van der Waals surface area contributed by atoms with Crippen LogP contribution in [0.25, 0.3) is 0 Å². The van der Waals surface area contributed by atoms with Gasteiger partial charge in [0.15, 0.2) is 0 Å². The summed E-state index contributed by atoms with van der Waals surface area (Å²) in [6, 6.07) is 5.98. The molecule has 1 amide bonds. The number of carbonyl (C=O) groups excluding carboxylic acids is 1. The van der Waals surface area contributed by atoms with Crippen molar-refractivity contribution >= 4 is 18.3 Å². The van der Waals surface area contributed by atoms with Gasteiger partial charge in [0.05, 0.1) is 0 Å². The Bertz CT molecular complexity index is 408. The molecule has 0 radical (unpaired) electrons. The minimum absolute atomic E-state index is 0. The average molecular weight is 283 g/mol. The van der Waals surface area contributed by atoms with Gasteiger partial charge in [-0.15, -0.1) is 12.4 Å². The van der Waals surface area contributed by atoms with Crippen molar-refractivity contribution in [2.75, 3.05) is 19.6 Å². The molecule has 19 heavy (non-hydrogen) atoms. The molecule has 1 aliphatic rings. The third-order valence-corrected chi connectivity index (χ3v) is 3.43. The molecular weight excluding hydrogens is 260 g/mol. The van der Waals surface area contributed by atoms with E-state index < -0.39 is 0 Å². The Kier molecular flexibility index (Phi) is 6.32. The summed E-state index contributed by atoms with van der Waals surface area (Å²) in [4.78, 5) is 12.1. The van der Waals surface area contributed by atoms with E-state index >= 15 is 0 Å². The summed E-state index contributed by atoms with van der Waals surface area (Å²) in [5.74, 6) is 0.626. The van der Waals surface area contributed by atoms with Crippen LogP contribution < -0.4 is 10.6 Å². The Morgan fingerprint density at radius 3 is 2.58 bits per heavy atom. The zero-order valence-electron chi connectivity index (χ0n) is 11.7. The van der Waals surface area contributed by atoms with Gasteiger partial charge in [0, 0.05) is 12.1 Å². The largest absolute Gasteiger partial charge is 0.352 e. The molecule has 4 heteroatoms. The molecule has 3 nitrogen and oxygen atoms in total. The predicted octanol–water partition coefficient (Wildman–Crippen LogP) is 2.45. The topological polar surface area (TPSA) is 41.1 Å². The molecule has 1 saturated heterocycles. The van der Waals surface area contributed by atoms with E-state index in [0.29, 0.717) is 5.92 Å².